The van der Waals surface area contributed by atoms with E-state index in [-0.39, 0.29) is 26.4 Å². The molecule has 0 aromatic carbocycles. The van der Waals surface area contributed by atoms with Crippen LogP contribution in [-0.2, 0) is 20.1 Å². The fraction of sp³-hybridized carbons (Fsp3) is 0.458. The molecular formula is C24H34F6IrN6P-. The number of allylic oxidation sites excluding steroid dienone is 4. The molecule has 0 saturated heterocycles. The summed E-state index contributed by atoms with van der Waals surface area (Å²) in [7, 11) is -10.7. The van der Waals surface area contributed by atoms with E-state index in [1.807, 2.05) is 34.8 Å². The van der Waals surface area contributed by atoms with Gasteiger partial charge in [-0.25, -0.2) is 14.0 Å². The van der Waals surface area contributed by atoms with Gasteiger partial charge in [-0.1, -0.05) is 24.3 Å². The first-order chi connectivity index (χ1) is 16.8. The SMILES string of the molecule is C1=C\CC/C=C\CC/1.Cc1cc(C)n(C(n2nc(C)cc2C)n2nc(C)cc2C)n1.F[P-](F)(F)(F)(F)F.[Ir]. The molecule has 0 saturated carbocycles. The third-order valence-corrected chi connectivity index (χ3v) is 5.12. The molecule has 3 heterocycles. The van der Waals surface area contributed by atoms with Crippen LogP contribution in [0.3, 0.4) is 0 Å². The molecule has 0 fully saturated rings. The van der Waals surface area contributed by atoms with Crippen LogP contribution in [0, 0.1) is 41.5 Å². The number of rotatable bonds is 3. The second-order valence-electron chi connectivity index (χ2n) is 9.02. The molecule has 0 amide bonds. The third-order valence-electron chi connectivity index (χ3n) is 5.12. The number of halogens is 6. The summed E-state index contributed by atoms with van der Waals surface area (Å²) in [6.07, 6.45) is 13.8. The van der Waals surface area contributed by atoms with E-state index in [9.17, 15) is 25.2 Å². The summed E-state index contributed by atoms with van der Waals surface area (Å²) in [5, 5.41) is 14.0. The van der Waals surface area contributed by atoms with Gasteiger partial charge in [0.15, 0.2) is 0 Å². The van der Waals surface area contributed by atoms with Crippen molar-refractivity contribution < 1.29 is 45.3 Å². The van der Waals surface area contributed by atoms with Crippen molar-refractivity contribution in [1.29, 1.82) is 0 Å². The Hall–Kier alpha value is -2.23. The number of hydrogen-bond donors (Lipinski definition) is 0. The normalized spacial score (nSPS) is 16.9. The van der Waals surface area contributed by atoms with E-state index in [0.717, 1.165) is 34.2 Å². The second kappa shape index (κ2) is 12.3. The van der Waals surface area contributed by atoms with Crippen LogP contribution in [0.1, 0.15) is 66.1 Å². The summed E-state index contributed by atoms with van der Waals surface area (Å²) >= 11 is 0. The summed E-state index contributed by atoms with van der Waals surface area (Å²) in [6.45, 7) is 12.2. The molecule has 0 bridgehead atoms. The zero-order valence-corrected chi connectivity index (χ0v) is 25.5. The van der Waals surface area contributed by atoms with Gasteiger partial charge in [0.25, 0.3) is 0 Å². The number of aryl methyl sites for hydroxylation is 6. The number of nitrogens with zero attached hydrogens (tertiary/aromatic N) is 6. The average Bonchev–Trinajstić information content (AvgIpc) is 3.30. The first-order valence-corrected chi connectivity index (χ1v) is 13.8. The minimum absolute atomic E-state index is 0. The average molecular weight is 744 g/mol. The standard InChI is InChI=1S/C16H22N6.C8H12.F6P.Ir/c1-10-7-13(4)20(17-10)16(21-14(5)8-11(2)18-21)22-15(6)9-12(3)19-22;1-2-4-6-8-7-5-3-1;1-7(2,3,4,5)6;/h7-9,16H,1-6H3;1-2,7-8H,3-6H2;;/q;;-1;/b;2-1-,8-7-;;. The molecule has 0 unspecified atom stereocenters. The molecule has 0 N–H and O–H groups in total. The zero-order valence-electron chi connectivity index (χ0n) is 22.2. The summed E-state index contributed by atoms with van der Waals surface area (Å²) in [6, 6.07) is 6.22. The Morgan fingerprint density at radius 1 is 0.553 bits per heavy atom. The van der Waals surface area contributed by atoms with Crippen molar-refractivity contribution in [3.63, 3.8) is 0 Å². The summed E-state index contributed by atoms with van der Waals surface area (Å²) in [4.78, 5) is 0. The first-order valence-electron chi connectivity index (χ1n) is 11.8. The summed E-state index contributed by atoms with van der Waals surface area (Å²) in [5.74, 6) is 0. The van der Waals surface area contributed by atoms with Crippen molar-refractivity contribution in [1.82, 2.24) is 29.3 Å². The van der Waals surface area contributed by atoms with Crippen LogP contribution in [0.4, 0.5) is 25.2 Å². The van der Waals surface area contributed by atoms with Crippen LogP contribution in [-0.4, -0.2) is 29.3 Å². The van der Waals surface area contributed by atoms with Gasteiger partial charge in [-0.15, -0.1) is 0 Å². The van der Waals surface area contributed by atoms with Crippen molar-refractivity contribution in [2.24, 2.45) is 0 Å². The zero-order chi connectivity index (χ0) is 28.1. The van der Waals surface area contributed by atoms with Crippen LogP contribution < -0.4 is 0 Å². The first kappa shape index (κ1) is 33.8. The molecule has 0 atom stereocenters. The Labute approximate surface area is 232 Å². The van der Waals surface area contributed by atoms with E-state index < -0.39 is 7.81 Å². The van der Waals surface area contributed by atoms with Crippen LogP contribution >= 0.6 is 7.81 Å². The van der Waals surface area contributed by atoms with Gasteiger partial charge in [-0.05, 0) is 85.4 Å². The molecule has 6 nitrogen and oxygen atoms in total. The van der Waals surface area contributed by atoms with Crippen molar-refractivity contribution >= 4 is 7.81 Å². The van der Waals surface area contributed by atoms with E-state index in [2.05, 4.69) is 78.6 Å². The van der Waals surface area contributed by atoms with E-state index >= 15 is 0 Å². The van der Waals surface area contributed by atoms with Crippen LogP contribution in [0.25, 0.3) is 0 Å². The Balaban J connectivity index is 0.000000372. The monoisotopic (exact) mass is 744 g/mol. The Morgan fingerprint density at radius 2 is 0.763 bits per heavy atom. The maximum absolute atomic E-state index is 10.7. The van der Waals surface area contributed by atoms with Crippen LogP contribution in [0.2, 0.25) is 0 Å². The smallest absolute Gasteiger partial charge is 0 e. The molecule has 0 aliphatic heterocycles. The molecule has 14 heteroatoms. The van der Waals surface area contributed by atoms with Crippen molar-refractivity contribution in [2.45, 2.75) is 73.5 Å². The Kier molecular flexibility index (Phi) is 10.9. The van der Waals surface area contributed by atoms with Gasteiger partial charge < -0.3 is 0 Å². The van der Waals surface area contributed by atoms with E-state index in [0.29, 0.717) is 0 Å². The largest absolute Gasteiger partial charge is 0 e. The molecule has 0 spiro atoms. The van der Waals surface area contributed by atoms with Crippen LogP contribution in [0.15, 0.2) is 42.5 Å². The van der Waals surface area contributed by atoms with Gasteiger partial charge >= 0.3 is 33.0 Å². The fourth-order valence-corrected chi connectivity index (χ4v) is 3.81. The Bertz CT molecular complexity index is 1110. The topological polar surface area (TPSA) is 53.5 Å². The Morgan fingerprint density at radius 3 is 0.921 bits per heavy atom. The van der Waals surface area contributed by atoms with Crippen molar-refractivity contribution in [3.8, 4) is 0 Å². The molecule has 3 aromatic heterocycles. The summed E-state index contributed by atoms with van der Waals surface area (Å²) < 4.78 is 65.1. The van der Waals surface area contributed by atoms with E-state index in [1.165, 1.54) is 25.7 Å². The molecular weight excluding hydrogens is 709 g/mol. The predicted octanol–water partition coefficient (Wildman–Crippen LogP) is 8.73. The van der Waals surface area contributed by atoms with Crippen LogP contribution in [0.5, 0.6) is 0 Å². The molecule has 217 valence electrons. The van der Waals surface area contributed by atoms with Gasteiger partial charge in [0.05, 0.1) is 17.1 Å². The molecule has 1 aliphatic rings. The quantitative estimate of drug-likeness (QED) is 0.153. The fourth-order valence-electron chi connectivity index (χ4n) is 3.81. The third kappa shape index (κ3) is 12.5. The minimum atomic E-state index is -10.7. The number of hydrogen-bond acceptors (Lipinski definition) is 3. The molecule has 38 heavy (non-hydrogen) atoms. The molecule has 1 aliphatic carbocycles. The maximum Gasteiger partial charge on any atom is 0 e. The van der Waals surface area contributed by atoms with Crippen molar-refractivity contribution in [2.75, 3.05) is 0 Å². The molecule has 3 aromatic rings. The van der Waals surface area contributed by atoms with E-state index in [1.54, 1.807) is 0 Å². The molecule has 1 radical (unpaired) electrons. The summed E-state index contributed by atoms with van der Waals surface area (Å²) in [5.41, 5.74) is 6.23. The van der Waals surface area contributed by atoms with Gasteiger partial charge in [0.1, 0.15) is 0 Å². The molecule has 4 rings (SSSR count). The van der Waals surface area contributed by atoms with Gasteiger partial charge in [0, 0.05) is 37.2 Å². The number of aromatic nitrogens is 6. The maximum atomic E-state index is 9.87. The van der Waals surface area contributed by atoms with Crippen molar-refractivity contribution in [3.05, 3.63) is 76.7 Å². The van der Waals surface area contributed by atoms with Gasteiger partial charge in [-0.2, -0.15) is 15.3 Å². The second-order valence-corrected chi connectivity index (χ2v) is 10.9. The van der Waals surface area contributed by atoms with Gasteiger partial charge in [0.2, 0.25) is 6.29 Å². The minimum Gasteiger partial charge on any atom is 0 e. The van der Waals surface area contributed by atoms with Gasteiger partial charge in [-0.3, -0.25) is 0 Å². The predicted molar refractivity (Wildman–Crippen MR) is 135 cm³/mol. The van der Waals surface area contributed by atoms with E-state index in [4.69, 9.17) is 0 Å².